The summed E-state index contributed by atoms with van der Waals surface area (Å²) in [5.41, 5.74) is 1.26. The number of carbonyl (C=O) groups is 1. The van der Waals surface area contributed by atoms with Crippen LogP contribution in [0.5, 0.6) is 0 Å². The summed E-state index contributed by atoms with van der Waals surface area (Å²) in [6, 6.07) is 4.27. The first-order valence-electron chi connectivity index (χ1n) is 13.2. The van der Waals surface area contributed by atoms with Crippen LogP contribution in [0, 0.1) is 0 Å². The summed E-state index contributed by atoms with van der Waals surface area (Å²) in [6.45, 7) is 7.98. The molecule has 9 heteroatoms. The van der Waals surface area contributed by atoms with Crippen molar-refractivity contribution in [1.82, 2.24) is 30.0 Å². The number of nitrogens with one attached hydrogen (secondary N) is 1. The van der Waals surface area contributed by atoms with Gasteiger partial charge in [-0.25, -0.2) is 9.67 Å². The number of fused-ring (bicyclic) bond motifs is 1. The number of aromatic nitrogens is 3. The first-order chi connectivity index (χ1) is 16.7. The number of anilines is 1. The molecule has 5 heterocycles. The van der Waals surface area contributed by atoms with E-state index in [1.165, 1.54) is 38.5 Å². The number of pyridine rings is 1. The Kier molecular flexibility index (Phi) is 7.61. The number of piperidine rings is 1. The number of hydrogen-bond acceptors (Lipinski definition) is 7. The summed E-state index contributed by atoms with van der Waals surface area (Å²) in [5.74, 6) is 0.904. The fourth-order valence-electron chi connectivity index (χ4n) is 5.40. The highest BCUT2D eigenvalue weighted by Gasteiger charge is 2.25. The van der Waals surface area contributed by atoms with Crippen LogP contribution < -0.4 is 10.2 Å². The van der Waals surface area contributed by atoms with Gasteiger partial charge in [-0.3, -0.25) is 9.63 Å². The average Bonchev–Trinajstić information content (AvgIpc) is 3.03. The smallest absolute Gasteiger partial charge is 0.272 e. The molecule has 0 spiro atoms. The summed E-state index contributed by atoms with van der Waals surface area (Å²) >= 11 is 0. The van der Waals surface area contributed by atoms with E-state index in [-0.39, 0.29) is 11.9 Å². The Morgan fingerprint density at radius 2 is 1.76 bits per heavy atom. The lowest BCUT2D eigenvalue weighted by Crippen LogP contribution is -2.47. The second kappa shape index (κ2) is 11.0. The van der Waals surface area contributed by atoms with Crippen LogP contribution in [0.1, 0.15) is 61.9 Å². The molecule has 1 amide bonds. The molecule has 0 bridgehead atoms. The van der Waals surface area contributed by atoms with Gasteiger partial charge < -0.3 is 15.1 Å². The Balaban J connectivity index is 1.16. The molecule has 0 saturated carbocycles. The molecule has 3 aliphatic rings. The maximum Gasteiger partial charge on any atom is 0.272 e. The van der Waals surface area contributed by atoms with E-state index in [1.807, 2.05) is 13.1 Å². The van der Waals surface area contributed by atoms with E-state index in [0.29, 0.717) is 5.69 Å². The van der Waals surface area contributed by atoms with Crippen LogP contribution in [0.25, 0.3) is 11.0 Å². The van der Waals surface area contributed by atoms with Crippen molar-refractivity contribution in [2.24, 2.45) is 7.05 Å². The Morgan fingerprint density at radius 3 is 2.50 bits per heavy atom. The number of nitrogens with zero attached hydrogens (tertiary/aromatic N) is 6. The van der Waals surface area contributed by atoms with Gasteiger partial charge >= 0.3 is 0 Å². The molecule has 3 fully saturated rings. The van der Waals surface area contributed by atoms with E-state index >= 15 is 0 Å². The largest absolute Gasteiger partial charge is 0.357 e. The molecule has 5 rings (SSSR count). The van der Waals surface area contributed by atoms with E-state index < -0.39 is 0 Å². The van der Waals surface area contributed by atoms with E-state index in [2.05, 4.69) is 31.3 Å². The Labute approximate surface area is 202 Å². The number of rotatable bonds is 6. The lowest BCUT2D eigenvalue weighted by Gasteiger charge is -2.34. The summed E-state index contributed by atoms with van der Waals surface area (Å²) < 4.78 is 1.75. The summed E-state index contributed by atoms with van der Waals surface area (Å²) in [5, 5.41) is 10.7. The van der Waals surface area contributed by atoms with Crippen molar-refractivity contribution in [2.75, 3.05) is 57.3 Å². The van der Waals surface area contributed by atoms with Crippen molar-refractivity contribution >= 4 is 22.8 Å². The van der Waals surface area contributed by atoms with Gasteiger partial charge in [-0.05, 0) is 50.7 Å². The second-order valence-electron chi connectivity index (χ2n) is 9.97. The van der Waals surface area contributed by atoms with Crippen LogP contribution in [0.15, 0.2) is 12.1 Å². The van der Waals surface area contributed by atoms with E-state index in [4.69, 9.17) is 9.82 Å². The van der Waals surface area contributed by atoms with E-state index in [9.17, 15) is 4.79 Å². The number of hydroxylamine groups is 2. The molecule has 0 aliphatic carbocycles. The van der Waals surface area contributed by atoms with Crippen molar-refractivity contribution < 1.29 is 9.63 Å². The fraction of sp³-hybridized carbons (Fsp3) is 0.720. The molecule has 3 saturated heterocycles. The second-order valence-corrected chi connectivity index (χ2v) is 9.97. The standard InChI is InChI=1S/C25H39N7O2/c1-29-24-21(8-9-22(27-24)31-12-4-2-3-5-13-31)23(28-29)25(33)26-20-10-15-30(16-11-20)17-18-32-14-6-7-19-34-32/h8-9,20H,2-7,10-19H2,1H3,(H,26,33). The van der Waals surface area contributed by atoms with Gasteiger partial charge in [-0.1, -0.05) is 12.8 Å². The first-order valence-corrected chi connectivity index (χ1v) is 13.2. The topological polar surface area (TPSA) is 78.8 Å². The SMILES string of the molecule is Cn1nc(C(=O)NC2CCN(CCN3CCCCO3)CC2)c2ccc(N3CCCCCC3)nc21. The Bertz CT molecular complexity index is 956. The van der Waals surface area contributed by atoms with Gasteiger partial charge in [0.2, 0.25) is 0 Å². The van der Waals surface area contributed by atoms with Crippen LogP contribution in [0.3, 0.4) is 0 Å². The van der Waals surface area contributed by atoms with Crippen LogP contribution in [0.4, 0.5) is 5.82 Å². The van der Waals surface area contributed by atoms with Crippen LogP contribution in [-0.2, 0) is 11.9 Å². The number of likely N-dealkylation sites (tertiary alicyclic amines) is 1. The van der Waals surface area contributed by atoms with Gasteiger partial charge in [0.15, 0.2) is 11.3 Å². The fourth-order valence-corrected chi connectivity index (χ4v) is 5.40. The summed E-state index contributed by atoms with van der Waals surface area (Å²) in [7, 11) is 1.88. The van der Waals surface area contributed by atoms with Crippen LogP contribution in [-0.4, -0.2) is 89.1 Å². The number of amides is 1. The van der Waals surface area contributed by atoms with Crippen molar-refractivity contribution in [2.45, 2.75) is 57.4 Å². The minimum Gasteiger partial charge on any atom is -0.357 e. The summed E-state index contributed by atoms with van der Waals surface area (Å²) in [6.07, 6.45) is 9.34. The van der Waals surface area contributed by atoms with Gasteiger partial charge in [-0.2, -0.15) is 10.2 Å². The highest BCUT2D eigenvalue weighted by molar-refractivity contribution is 6.04. The quantitative estimate of drug-likeness (QED) is 0.697. The third kappa shape index (κ3) is 5.53. The van der Waals surface area contributed by atoms with E-state index in [0.717, 1.165) is 82.1 Å². The molecule has 34 heavy (non-hydrogen) atoms. The molecule has 2 aromatic rings. The molecule has 9 nitrogen and oxygen atoms in total. The van der Waals surface area contributed by atoms with Gasteiger partial charge in [0.25, 0.3) is 5.91 Å². The maximum absolute atomic E-state index is 13.1. The van der Waals surface area contributed by atoms with E-state index in [1.54, 1.807) is 4.68 Å². The average molecular weight is 470 g/mol. The number of hydrogen-bond donors (Lipinski definition) is 1. The lowest BCUT2D eigenvalue weighted by molar-refractivity contribution is -0.182. The highest BCUT2D eigenvalue weighted by atomic mass is 16.7. The molecule has 0 atom stereocenters. The zero-order valence-electron chi connectivity index (χ0n) is 20.5. The van der Waals surface area contributed by atoms with Crippen molar-refractivity contribution in [1.29, 1.82) is 0 Å². The molecular formula is C25H39N7O2. The first kappa shape index (κ1) is 23.5. The van der Waals surface area contributed by atoms with Crippen LogP contribution in [0.2, 0.25) is 0 Å². The predicted octanol–water partition coefficient (Wildman–Crippen LogP) is 2.57. The maximum atomic E-state index is 13.1. The minimum atomic E-state index is -0.0879. The zero-order valence-corrected chi connectivity index (χ0v) is 20.5. The Hall–Kier alpha value is -2.23. The van der Waals surface area contributed by atoms with Crippen molar-refractivity contribution in [3.63, 3.8) is 0 Å². The molecule has 1 N–H and O–H groups in total. The number of carbonyl (C=O) groups excluding carboxylic acids is 1. The van der Waals surface area contributed by atoms with Crippen LogP contribution >= 0.6 is 0 Å². The third-order valence-corrected chi connectivity index (χ3v) is 7.48. The van der Waals surface area contributed by atoms with Gasteiger partial charge in [-0.15, -0.1) is 0 Å². The molecule has 3 aliphatic heterocycles. The lowest BCUT2D eigenvalue weighted by atomic mass is 10.0. The normalized spacial score (nSPS) is 21.6. The predicted molar refractivity (Wildman–Crippen MR) is 133 cm³/mol. The van der Waals surface area contributed by atoms with Gasteiger partial charge in [0.1, 0.15) is 5.82 Å². The monoisotopic (exact) mass is 469 g/mol. The minimum absolute atomic E-state index is 0.0879. The molecule has 186 valence electrons. The molecule has 0 radical (unpaired) electrons. The zero-order chi connectivity index (χ0) is 23.3. The number of aryl methyl sites for hydroxylation is 1. The molecule has 2 aromatic heterocycles. The van der Waals surface area contributed by atoms with Gasteiger partial charge in [0, 0.05) is 58.9 Å². The Morgan fingerprint density at radius 1 is 1.00 bits per heavy atom. The molecule has 0 unspecified atom stereocenters. The molecular weight excluding hydrogens is 430 g/mol. The molecule has 0 aromatic carbocycles. The van der Waals surface area contributed by atoms with Gasteiger partial charge in [0.05, 0.1) is 12.0 Å². The van der Waals surface area contributed by atoms with Crippen molar-refractivity contribution in [3.05, 3.63) is 17.8 Å². The third-order valence-electron chi connectivity index (χ3n) is 7.48. The highest BCUT2D eigenvalue weighted by Crippen LogP contribution is 2.23. The van der Waals surface area contributed by atoms with Crippen molar-refractivity contribution in [3.8, 4) is 0 Å². The summed E-state index contributed by atoms with van der Waals surface area (Å²) in [4.78, 5) is 28.6.